The number of halogens is 2. The molecule has 3 aromatic rings. The fourth-order valence-corrected chi connectivity index (χ4v) is 3.57. The first-order chi connectivity index (χ1) is 13.5. The molecule has 0 aliphatic carbocycles. The zero-order valence-corrected chi connectivity index (χ0v) is 16.4. The van der Waals surface area contributed by atoms with E-state index in [2.05, 4.69) is 25.6 Å². The SMILES string of the molecule is NC(=O)c1cccc2c(NC(CN3CCC3)c3ccc(Cl)c(Cl)c3)nnnc12. The lowest BCUT2D eigenvalue weighted by Gasteiger charge is -2.34. The Hall–Kier alpha value is -2.48. The van der Waals surface area contributed by atoms with Gasteiger partial charge in [-0.05, 0) is 54.6 Å². The van der Waals surface area contributed by atoms with E-state index in [0.717, 1.165) is 25.2 Å². The number of fused-ring (bicyclic) bond motifs is 1. The zero-order chi connectivity index (χ0) is 19.7. The summed E-state index contributed by atoms with van der Waals surface area (Å²) in [5.41, 5.74) is 7.18. The summed E-state index contributed by atoms with van der Waals surface area (Å²) in [4.78, 5) is 14.1. The van der Waals surface area contributed by atoms with Crippen LogP contribution in [-0.2, 0) is 0 Å². The van der Waals surface area contributed by atoms with Crippen molar-refractivity contribution in [2.24, 2.45) is 5.73 Å². The molecule has 7 nitrogen and oxygen atoms in total. The van der Waals surface area contributed by atoms with E-state index in [9.17, 15) is 4.79 Å². The lowest BCUT2D eigenvalue weighted by molar-refractivity contribution is 0.100. The van der Waals surface area contributed by atoms with Crippen LogP contribution in [0, 0.1) is 0 Å². The summed E-state index contributed by atoms with van der Waals surface area (Å²) in [6, 6.07) is 10.7. The second-order valence-corrected chi connectivity index (χ2v) is 7.54. The van der Waals surface area contributed by atoms with Crippen LogP contribution >= 0.6 is 23.2 Å². The normalized spacial score (nSPS) is 15.2. The van der Waals surface area contributed by atoms with E-state index in [1.54, 1.807) is 18.2 Å². The summed E-state index contributed by atoms with van der Waals surface area (Å²) in [7, 11) is 0. The number of nitrogens with two attached hydrogens (primary N) is 1. The van der Waals surface area contributed by atoms with Crippen molar-refractivity contribution in [3.05, 3.63) is 57.6 Å². The lowest BCUT2D eigenvalue weighted by Crippen LogP contribution is -2.41. The number of likely N-dealkylation sites (tertiary alicyclic amines) is 1. The molecule has 1 fully saturated rings. The van der Waals surface area contributed by atoms with E-state index >= 15 is 0 Å². The van der Waals surface area contributed by atoms with Crippen LogP contribution in [0.15, 0.2) is 36.4 Å². The number of rotatable bonds is 6. The first-order valence-corrected chi connectivity index (χ1v) is 9.64. The largest absolute Gasteiger partial charge is 0.366 e. The van der Waals surface area contributed by atoms with Gasteiger partial charge in [0.1, 0.15) is 5.52 Å². The third-order valence-corrected chi connectivity index (χ3v) is 5.63. The van der Waals surface area contributed by atoms with Crippen LogP contribution in [0.3, 0.4) is 0 Å². The second-order valence-electron chi connectivity index (χ2n) is 6.73. The van der Waals surface area contributed by atoms with Gasteiger partial charge in [-0.15, -0.1) is 10.2 Å². The molecular formula is C19H18Cl2N6O. The smallest absolute Gasteiger partial charge is 0.250 e. The molecule has 0 bridgehead atoms. The summed E-state index contributed by atoms with van der Waals surface area (Å²) in [5.74, 6) is -0.0247. The van der Waals surface area contributed by atoms with E-state index in [1.165, 1.54) is 6.42 Å². The van der Waals surface area contributed by atoms with Crippen molar-refractivity contribution in [2.45, 2.75) is 12.5 Å². The molecule has 2 heterocycles. The van der Waals surface area contributed by atoms with Crippen LogP contribution in [0.25, 0.3) is 10.9 Å². The first kappa shape index (κ1) is 18.9. The fourth-order valence-electron chi connectivity index (χ4n) is 3.26. The summed E-state index contributed by atoms with van der Waals surface area (Å²) in [5, 5.41) is 17.1. The van der Waals surface area contributed by atoms with Gasteiger partial charge in [0.15, 0.2) is 5.82 Å². The Morgan fingerprint density at radius 3 is 2.68 bits per heavy atom. The van der Waals surface area contributed by atoms with E-state index in [4.69, 9.17) is 28.9 Å². The number of amides is 1. The minimum atomic E-state index is -0.557. The van der Waals surface area contributed by atoms with Gasteiger partial charge in [0.25, 0.3) is 5.91 Å². The second kappa shape index (κ2) is 7.87. The van der Waals surface area contributed by atoms with Crippen molar-refractivity contribution in [2.75, 3.05) is 25.0 Å². The number of primary amides is 1. The Labute approximate surface area is 171 Å². The minimum absolute atomic E-state index is 0.0906. The van der Waals surface area contributed by atoms with Crippen molar-refractivity contribution in [1.29, 1.82) is 0 Å². The number of benzene rings is 2. The molecule has 1 atom stereocenters. The van der Waals surface area contributed by atoms with Gasteiger partial charge in [-0.2, -0.15) is 0 Å². The molecule has 9 heteroatoms. The predicted molar refractivity (Wildman–Crippen MR) is 110 cm³/mol. The Bertz CT molecular complexity index is 1040. The molecular weight excluding hydrogens is 399 g/mol. The molecule has 2 aromatic carbocycles. The van der Waals surface area contributed by atoms with Gasteiger partial charge in [-0.25, -0.2) is 0 Å². The topological polar surface area (TPSA) is 97.0 Å². The molecule has 0 spiro atoms. The van der Waals surface area contributed by atoms with Crippen LogP contribution in [0.4, 0.5) is 5.82 Å². The number of hydrogen-bond acceptors (Lipinski definition) is 6. The molecule has 1 aromatic heterocycles. The van der Waals surface area contributed by atoms with Gasteiger partial charge in [-0.1, -0.05) is 35.3 Å². The highest BCUT2D eigenvalue weighted by Gasteiger charge is 2.23. The van der Waals surface area contributed by atoms with Crippen LogP contribution in [-0.4, -0.2) is 45.9 Å². The van der Waals surface area contributed by atoms with Crippen LogP contribution < -0.4 is 11.1 Å². The number of carbonyl (C=O) groups is 1. The van der Waals surface area contributed by atoms with Crippen molar-refractivity contribution < 1.29 is 4.79 Å². The molecule has 0 saturated carbocycles. The molecule has 1 saturated heterocycles. The van der Waals surface area contributed by atoms with Crippen LogP contribution in [0.1, 0.15) is 28.4 Å². The standard InChI is InChI=1S/C19H18Cl2N6O/c20-14-6-5-11(9-15(14)21)16(10-27-7-2-8-27)23-19-13-4-1-3-12(18(22)28)17(13)24-26-25-19/h1,3-6,9,16H,2,7-8,10H2,(H2,22,28)(H,23,24,25). The Morgan fingerprint density at radius 2 is 2.00 bits per heavy atom. The van der Waals surface area contributed by atoms with Crippen LogP contribution in [0.5, 0.6) is 0 Å². The molecule has 144 valence electrons. The lowest BCUT2D eigenvalue weighted by atomic mass is 10.0. The van der Waals surface area contributed by atoms with Crippen molar-refractivity contribution in [1.82, 2.24) is 20.3 Å². The summed E-state index contributed by atoms with van der Waals surface area (Å²) in [6.45, 7) is 2.88. The minimum Gasteiger partial charge on any atom is -0.366 e. The number of nitrogens with one attached hydrogen (secondary N) is 1. The highest BCUT2D eigenvalue weighted by molar-refractivity contribution is 6.42. The van der Waals surface area contributed by atoms with Gasteiger partial charge >= 0.3 is 0 Å². The van der Waals surface area contributed by atoms with Gasteiger partial charge in [0.05, 0.1) is 21.7 Å². The molecule has 1 unspecified atom stereocenters. The Morgan fingerprint density at radius 1 is 1.18 bits per heavy atom. The number of carbonyl (C=O) groups excluding carboxylic acids is 1. The summed E-state index contributed by atoms with van der Waals surface area (Å²) in [6.07, 6.45) is 1.19. The fraction of sp³-hybridized carbons (Fsp3) is 0.263. The van der Waals surface area contributed by atoms with E-state index < -0.39 is 5.91 Å². The third-order valence-electron chi connectivity index (χ3n) is 4.89. The highest BCUT2D eigenvalue weighted by Crippen LogP contribution is 2.30. The molecule has 0 radical (unpaired) electrons. The predicted octanol–water partition coefficient (Wildman–Crippen LogP) is 3.29. The number of nitrogens with zero attached hydrogens (tertiary/aromatic N) is 4. The van der Waals surface area contributed by atoms with Crippen molar-refractivity contribution in [3.8, 4) is 0 Å². The average molecular weight is 417 g/mol. The van der Waals surface area contributed by atoms with Crippen molar-refractivity contribution in [3.63, 3.8) is 0 Å². The van der Waals surface area contributed by atoms with Gasteiger partial charge in [0, 0.05) is 11.9 Å². The summed E-state index contributed by atoms with van der Waals surface area (Å²) >= 11 is 12.3. The molecule has 3 N–H and O–H groups in total. The maximum Gasteiger partial charge on any atom is 0.250 e. The van der Waals surface area contributed by atoms with E-state index in [0.29, 0.717) is 32.3 Å². The van der Waals surface area contributed by atoms with Gasteiger partial charge in [-0.3, -0.25) is 4.79 Å². The summed E-state index contributed by atoms with van der Waals surface area (Å²) < 4.78 is 0. The molecule has 4 rings (SSSR count). The van der Waals surface area contributed by atoms with Crippen molar-refractivity contribution >= 4 is 45.8 Å². The van der Waals surface area contributed by atoms with Gasteiger partial charge < -0.3 is 16.0 Å². The maximum atomic E-state index is 11.7. The van der Waals surface area contributed by atoms with E-state index in [1.807, 2.05) is 18.2 Å². The zero-order valence-electron chi connectivity index (χ0n) is 14.9. The highest BCUT2D eigenvalue weighted by atomic mass is 35.5. The molecule has 1 amide bonds. The van der Waals surface area contributed by atoms with E-state index in [-0.39, 0.29) is 6.04 Å². The average Bonchev–Trinajstić information content (AvgIpc) is 2.65. The molecule has 28 heavy (non-hydrogen) atoms. The Balaban J connectivity index is 1.73. The monoisotopic (exact) mass is 416 g/mol. The first-order valence-electron chi connectivity index (χ1n) is 8.88. The van der Waals surface area contributed by atoms with Crippen LogP contribution in [0.2, 0.25) is 10.0 Å². The maximum absolute atomic E-state index is 11.7. The molecule has 1 aliphatic rings. The molecule has 1 aliphatic heterocycles. The van der Waals surface area contributed by atoms with Gasteiger partial charge in [0.2, 0.25) is 0 Å². The number of aromatic nitrogens is 3. The Kier molecular flexibility index (Phi) is 5.30. The quantitative estimate of drug-likeness (QED) is 0.639. The number of anilines is 1. The third kappa shape index (κ3) is 3.73. The number of hydrogen-bond donors (Lipinski definition) is 2.